The van der Waals surface area contributed by atoms with Gasteiger partial charge in [0, 0.05) is 32.6 Å². The van der Waals surface area contributed by atoms with Crippen molar-refractivity contribution in [2.45, 2.75) is 0 Å². The molecule has 0 saturated heterocycles. The van der Waals surface area contributed by atoms with Crippen molar-refractivity contribution >= 4 is 60.7 Å². The number of thioether (sulfide) groups is 1. The number of hydrogen-bond donors (Lipinski definition) is 2. The quantitative estimate of drug-likeness (QED) is 0.598. The van der Waals surface area contributed by atoms with Crippen molar-refractivity contribution in [1.82, 2.24) is 5.32 Å². The summed E-state index contributed by atoms with van der Waals surface area (Å²) in [6.07, 6.45) is 1.86. The highest BCUT2D eigenvalue weighted by molar-refractivity contribution is 9.10. The molecule has 3 N–H and O–H groups in total. The number of benzene rings is 1. The van der Waals surface area contributed by atoms with Gasteiger partial charge in [0.15, 0.2) is 0 Å². The summed E-state index contributed by atoms with van der Waals surface area (Å²) in [6, 6.07) is 5.84. The van der Waals surface area contributed by atoms with Gasteiger partial charge in [0.2, 0.25) is 0 Å². The van der Waals surface area contributed by atoms with Gasteiger partial charge < -0.3 is 11.1 Å². The van der Waals surface area contributed by atoms with E-state index in [9.17, 15) is 4.79 Å². The van der Waals surface area contributed by atoms with E-state index in [1.54, 1.807) is 11.8 Å². The van der Waals surface area contributed by atoms with E-state index < -0.39 is 0 Å². The molecular formula is C14H15BrN2OS2. The maximum atomic E-state index is 12.2. The fourth-order valence-corrected chi connectivity index (χ4v) is 4.14. The standard InChI is InChI=1S/C14H15BrN2OS2/c1-2-7-19-8-6-17-14(18)13-12(16)11-9(15)4-3-5-10(11)20-13/h2-5H,1,6-8,16H2,(H,17,18). The van der Waals surface area contributed by atoms with E-state index in [0.29, 0.717) is 17.1 Å². The molecule has 0 aliphatic heterocycles. The number of carbonyl (C=O) groups is 1. The number of amides is 1. The van der Waals surface area contributed by atoms with Crippen LogP contribution in [-0.2, 0) is 0 Å². The topological polar surface area (TPSA) is 55.1 Å². The summed E-state index contributed by atoms with van der Waals surface area (Å²) >= 11 is 6.63. The van der Waals surface area contributed by atoms with Crippen LogP contribution in [0, 0.1) is 0 Å². The van der Waals surface area contributed by atoms with Gasteiger partial charge in [0.05, 0.1) is 5.69 Å². The second-order valence-electron chi connectivity index (χ2n) is 4.08. The molecule has 0 spiro atoms. The molecule has 3 nitrogen and oxygen atoms in total. The Morgan fingerprint density at radius 1 is 1.55 bits per heavy atom. The SMILES string of the molecule is C=CCSCCNC(=O)c1sc2cccc(Br)c2c1N. The molecular weight excluding hydrogens is 356 g/mol. The second kappa shape index (κ2) is 7.15. The zero-order chi connectivity index (χ0) is 14.5. The second-order valence-corrected chi connectivity index (χ2v) is 7.13. The number of hydrogen-bond acceptors (Lipinski definition) is 4. The summed E-state index contributed by atoms with van der Waals surface area (Å²) in [6.45, 7) is 4.29. The Morgan fingerprint density at radius 2 is 2.35 bits per heavy atom. The molecule has 1 heterocycles. The molecule has 2 rings (SSSR count). The smallest absolute Gasteiger partial charge is 0.263 e. The third-order valence-corrected chi connectivity index (χ3v) is 5.47. The zero-order valence-corrected chi connectivity index (χ0v) is 14.0. The molecule has 0 aliphatic carbocycles. The van der Waals surface area contributed by atoms with E-state index in [1.165, 1.54) is 11.3 Å². The number of anilines is 1. The maximum Gasteiger partial charge on any atom is 0.263 e. The number of nitrogen functional groups attached to an aromatic ring is 1. The number of rotatable bonds is 6. The van der Waals surface area contributed by atoms with Crippen molar-refractivity contribution in [3.8, 4) is 0 Å². The van der Waals surface area contributed by atoms with E-state index in [2.05, 4.69) is 27.8 Å². The van der Waals surface area contributed by atoms with Crippen LogP contribution in [0.3, 0.4) is 0 Å². The van der Waals surface area contributed by atoms with Gasteiger partial charge in [0.25, 0.3) is 5.91 Å². The summed E-state index contributed by atoms with van der Waals surface area (Å²) in [5.41, 5.74) is 6.64. The van der Waals surface area contributed by atoms with E-state index in [-0.39, 0.29) is 5.91 Å². The van der Waals surface area contributed by atoms with Gasteiger partial charge in [-0.3, -0.25) is 4.79 Å². The minimum Gasteiger partial charge on any atom is -0.397 e. The molecule has 0 bridgehead atoms. The molecule has 6 heteroatoms. The number of fused-ring (bicyclic) bond motifs is 1. The highest BCUT2D eigenvalue weighted by Crippen LogP contribution is 2.37. The third-order valence-electron chi connectivity index (χ3n) is 2.68. The molecule has 0 unspecified atom stereocenters. The Kier molecular flexibility index (Phi) is 5.51. The molecule has 1 aromatic carbocycles. The lowest BCUT2D eigenvalue weighted by molar-refractivity contribution is 0.0961. The number of halogens is 1. The summed E-state index contributed by atoms with van der Waals surface area (Å²) in [7, 11) is 0. The van der Waals surface area contributed by atoms with Gasteiger partial charge >= 0.3 is 0 Å². The van der Waals surface area contributed by atoms with E-state index in [1.807, 2.05) is 24.3 Å². The predicted octanol–water partition coefficient (Wildman–Crippen LogP) is 3.90. The summed E-state index contributed by atoms with van der Waals surface area (Å²) < 4.78 is 1.94. The van der Waals surface area contributed by atoms with Crippen LogP contribution in [0.5, 0.6) is 0 Å². The van der Waals surface area contributed by atoms with E-state index >= 15 is 0 Å². The molecule has 0 fully saturated rings. The minimum absolute atomic E-state index is 0.102. The average Bonchev–Trinajstić information content (AvgIpc) is 2.77. The molecule has 106 valence electrons. The van der Waals surface area contributed by atoms with Crippen molar-refractivity contribution < 1.29 is 4.79 Å². The van der Waals surface area contributed by atoms with Gasteiger partial charge in [-0.05, 0) is 12.1 Å². The van der Waals surface area contributed by atoms with Gasteiger partial charge in [-0.2, -0.15) is 11.8 Å². The summed E-state index contributed by atoms with van der Waals surface area (Å²) in [5.74, 6) is 1.66. The van der Waals surface area contributed by atoms with Gasteiger partial charge in [-0.1, -0.05) is 28.1 Å². The Balaban J connectivity index is 2.09. The lowest BCUT2D eigenvalue weighted by atomic mass is 10.2. The van der Waals surface area contributed by atoms with Crippen molar-refractivity contribution in [3.63, 3.8) is 0 Å². The first kappa shape index (κ1) is 15.4. The van der Waals surface area contributed by atoms with Crippen molar-refractivity contribution in [1.29, 1.82) is 0 Å². The van der Waals surface area contributed by atoms with Crippen molar-refractivity contribution in [2.75, 3.05) is 23.8 Å². The molecule has 0 atom stereocenters. The first-order chi connectivity index (χ1) is 9.65. The van der Waals surface area contributed by atoms with Crippen molar-refractivity contribution in [2.24, 2.45) is 0 Å². The zero-order valence-electron chi connectivity index (χ0n) is 10.8. The third kappa shape index (κ3) is 3.37. The van der Waals surface area contributed by atoms with Crippen LogP contribution >= 0.6 is 39.0 Å². The molecule has 0 radical (unpaired) electrons. The Morgan fingerprint density at radius 3 is 3.05 bits per heavy atom. The summed E-state index contributed by atoms with van der Waals surface area (Å²) in [5, 5.41) is 3.82. The maximum absolute atomic E-state index is 12.2. The van der Waals surface area contributed by atoms with Gasteiger partial charge in [0.1, 0.15) is 4.88 Å². The molecule has 0 saturated carbocycles. The average molecular weight is 371 g/mol. The lowest BCUT2D eigenvalue weighted by Crippen LogP contribution is -2.25. The molecule has 1 aromatic heterocycles. The monoisotopic (exact) mass is 370 g/mol. The van der Waals surface area contributed by atoms with Gasteiger partial charge in [-0.25, -0.2) is 0 Å². The number of thiophene rings is 1. The molecule has 20 heavy (non-hydrogen) atoms. The van der Waals surface area contributed by atoms with E-state index in [4.69, 9.17) is 5.73 Å². The fourth-order valence-electron chi connectivity index (χ4n) is 1.78. The van der Waals surface area contributed by atoms with Crippen LogP contribution in [0.4, 0.5) is 5.69 Å². The molecule has 0 aliphatic rings. The van der Waals surface area contributed by atoms with Crippen LogP contribution < -0.4 is 11.1 Å². The number of carbonyl (C=O) groups excluding carboxylic acids is 1. The van der Waals surface area contributed by atoms with Crippen molar-refractivity contribution in [3.05, 3.63) is 40.2 Å². The minimum atomic E-state index is -0.102. The first-order valence-corrected chi connectivity index (χ1v) is 8.85. The van der Waals surface area contributed by atoms with Crippen LogP contribution in [-0.4, -0.2) is 24.0 Å². The fraction of sp³-hybridized carbons (Fsp3) is 0.214. The van der Waals surface area contributed by atoms with Crippen LogP contribution in [0.15, 0.2) is 35.3 Å². The predicted molar refractivity (Wildman–Crippen MR) is 93.8 cm³/mol. The summed E-state index contributed by atoms with van der Waals surface area (Å²) in [4.78, 5) is 12.7. The normalized spacial score (nSPS) is 10.7. The number of nitrogens with one attached hydrogen (secondary N) is 1. The van der Waals surface area contributed by atoms with Crippen LogP contribution in [0.1, 0.15) is 9.67 Å². The first-order valence-electron chi connectivity index (χ1n) is 6.08. The Labute approximate surface area is 134 Å². The molecule has 1 amide bonds. The largest absolute Gasteiger partial charge is 0.397 e. The van der Waals surface area contributed by atoms with Gasteiger partial charge in [-0.15, -0.1) is 17.9 Å². The number of nitrogens with two attached hydrogens (primary N) is 1. The Bertz CT molecular complexity index is 639. The van der Waals surface area contributed by atoms with Crippen LogP contribution in [0.25, 0.3) is 10.1 Å². The Hall–Kier alpha value is -0.980. The highest BCUT2D eigenvalue weighted by atomic mass is 79.9. The van der Waals surface area contributed by atoms with E-state index in [0.717, 1.165) is 26.1 Å². The molecule has 2 aromatic rings. The van der Waals surface area contributed by atoms with Crippen LogP contribution in [0.2, 0.25) is 0 Å². The highest BCUT2D eigenvalue weighted by Gasteiger charge is 2.17. The lowest BCUT2D eigenvalue weighted by Gasteiger charge is -2.03.